The Morgan fingerprint density at radius 2 is 1.65 bits per heavy atom. The Balaban J connectivity index is 2.09. The summed E-state index contributed by atoms with van der Waals surface area (Å²) in [5.74, 6) is 0.392. The van der Waals surface area contributed by atoms with Gasteiger partial charge in [-0.05, 0) is 51.9 Å². The van der Waals surface area contributed by atoms with Crippen LogP contribution in [0.3, 0.4) is 0 Å². The Hall–Kier alpha value is -1.06. The molecular formula is C17H25BO2. The van der Waals surface area contributed by atoms with E-state index >= 15 is 0 Å². The summed E-state index contributed by atoms with van der Waals surface area (Å²) in [6, 6.07) is 10.5. The molecule has 0 saturated carbocycles. The molecule has 0 bridgehead atoms. The van der Waals surface area contributed by atoms with Crippen LogP contribution in [-0.2, 0) is 9.31 Å². The first-order valence-electron chi connectivity index (χ1n) is 7.37. The van der Waals surface area contributed by atoms with Crippen LogP contribution < -0.4 is 0 Å². The van der Waals surface area contributed by atoms with Crippen LogP contribution in [0.5, 0.6) is 0 Å². The van der Waals surface area contributed by atoms with Crippen molar-refractivity contribution in [3.05, 3.63) is 48.6 Å². The summed E-state index contributed by atoms with van der Waals surface area (Å²) in [6.07, 6.45) is 3.78. The van der Waals surface area contributed by atoms with Crippen molar-refractivity contribution in [3.63, 3.8) is 0 Å². The highest BCUT2D eigenvalue weighted by Gasteiger charge is 2.51. The lowest BCUT2D eigenvalue weighted by molar-refractivity contribution is 0.00578. The lowest BCUT2D eigenvalue weighted by Gasteiger charge is -2.32. The molecule has 2 rings (SSSR count). The van der Waals surface area contributed by atoms with Crippen molar-refractivity contribution >= 4 is 7.12 Å². The van der Waals surface area contributed by atoms with Gasteiger partial charge in [0.05, 0.1) is 11.2 Å². The quantitative estimate of drug-likeness (QED) is 0.582. The van der Waals surface area contributed by atoms with Gasteiger partial charge in [-0.15, -0.1) is 6.58 Å². The monoisotopic (exact) mass is 272 g/mol. The van der Waals surface area contributed by atoms with Gasteiger partial charge in [0.25, 0.3) is 0 Å². The molecule has 0 spiro atoms. The molecule has 1 aromatic rings. The summed E-state index contributed by atoms with van der Waals surface area (Å²) in [6.45, 7) is 12.3. The van der Waals surface area contributed by atoms with E-state index in [1.807, 2.05) is 12.1 Å². The highest BCUT2D eigenvalue weighted by molar-refractivity contribution is 6.45. The molecule has 0 aromatic heterocycles. The Morgan fingerprint density at radius 1 is 1.10 bits per heavy atom. The molecule has 1 fully saturated rings. The van der Waals surface area contributed by atoms with Gasteiger partial charge in [-0.3, -0.25) is 0 Å². The summed E-state index contributed by atoms with van der Waals surface area (Å²) in [5.41, 5.74) is 0.808. The smallest absolute Gasteiger partial charge is 0.403 e. The second kappa shape index (κ2) is 5.75. The maximum Gasteiger partial charge on any atom is 0.458 e. The maximum absolute atomic E-state index is 6.11. The Labute approximate surface area is 123 Å². The van der Waals surface area contributed by atoms with Crippen molar-refractivity contribution < 1.29 is 9.31 Å². The molecule has 1 aliphatic heterocycles. The lowest BCUT2D eigenvalue weighted by Crippen LogP contribution is -2.41. The van der Waals surface area contributed by atoms with Gasteiger partial charge in [0.1, 0.15) is 0 Å². The van der Waals surface area contributed by atoms with Gasteiger partial charge in [0, 0.05) is 0 Å². The minimum atomic E-state index is -0.257. The molecule has 3 heteroatoms. The second-order valence-electron chi connectivity index (χ2n) is 6.55. The third kappa shape index (κ3) is 3.16. The molecule has 1 atom stereocenters. The molecule has 108 valence electrons. The Bertz CT molecular complexity index is 437. The van der Waals surface area contributed by atoms with E-state index < -0.39 is 0 Å². The first kappa shape index (κ1) is 15.3. The van der Waals surface area contributed by atoms with Crippen molar-refractivity contribution in [1.82, 2.24) is 0 Å². The summed E-state index contributed by atoms with van der Waals surface area (Å²) in [5, 5.41) is 0. The van der Waals surface area contributed by atoms with Crippen molar-refractivity contribution in [2.45, 2.75) is 57.6 Å². The molecule has 1 aliphatic rings. The average Bonchev–Trinajstić information content (AvgIpc) is 2.58. The van der Waals surface area contributed by atoms with Gasteiger partial charge in [0.15, 0.2) is 0 Å². The van der Waals surface area contributed by atoms with Crippen LogP contribution in [-0.4, -0.2) is 18.3 Å². The standard InChI is InChI=1S/C17H25BO2/c1-6-10-15(14-11-8-7-9-12-14)13-18-19-16(2,3)17(4,5)20-18/h6-9,11-12,15H,1,10,13H2,2-5H3/t15-/m0/s1. The van der Waals surface area contributed by atoms with E-state index in [-0.39, 0.29) is 18.3 Å². The van der Waals surface area contributed by atoms with Crippen molar-refractivity contribution in [1.29, 1.82) is 0 Å². The number of allylic oxidation sites excluding steroid dienone is 1. The van der Waals surface area contributed by atoms with Crippen molar-refractivity contribution in [3.8, 4) is 0 Å². The number of hydrogen-bond acceptors (Lipinski definition) is 2. The largest absolute Gasteiger partial charge is 0.458 e. The molecular weight excluding hydrogens is 247 g/mol. The van der Waals surface area contributed by atoms with Crippen LogP contribution in [0.4, 0.5) is 0 Å². The molecule has 1 saturated heterocycles. The highest BCUT2D eigenvalue weighted by atomic mass is 16.7. The zero-order valence-corrected chi connectivity index (χ0v) is 13.1. The van der Waals surface area contributed by atoms with Crippen molar-refractivity contribution in [2.75, 3.05) is 0 Å². The summed E-state index contributed by atoms with van der Waals surface area (Å²) in [4.78, 5) is 0. The van der Waals surface area contributed by atoms with E-state index in [1.54, 1.807) is 0 Å². The predicted molar refractivity (Wildman–Crippen MR) is 84.9 cm³/mol. The average molecular weight is 272 g/mol. The van der Waals surface area contributed by atoms with Crippen LogP contribution in [0.25, 0.3) is 0 Å². The molecule has 2 nitrogen and oxygen atoms in total. The number of hydrogen-bond donors (Lipinski definition) is 0. The molecule has 0 amide bonds. The zero-order valence-electron chi connectivity index (χ0n) is 13.1. The third-order valence-corrected chi connectivity index (χ3v) is 4.50. The molecule has 0 radical (unpaired) electrons. The number of rotatable bonds is 5. The van der Waals surface area contributed by atoms with Gasteiger partial charge in [-0.2, -0.15) is 0 Å². The lowest BCUT2D eigenvalue weighted by atomic mass is 9.73. The minimum Gasteiger partial charge on any atom is -0.403 e. The Morgan fingerprint density at radius 3 is 2.15 bits per heavy atom. The van der Waals surface area contributed by atoms with E-state index in [0.29, 0.717) is 5.92 Å². The van der Waals surface area contributed by atoms with Gasteiger partial charge >= 0.3 is 7.12 Å². The Kier molecular flexibility index (Phi) is 4.41. The first-order chi connectivity index (χ1) is 9.36. The SMILES string of the molecule is C=CC[C@@H](CB1OC(C)(C)C(C)(C)O1)c1ccccc1. The van der Waals surface area contributed by atoms with Crippen LogP contribution in [0.1, 0.15) is 45.6 Å². The topological polar surface area (TPSA) is 18.5 Å². The zero-order chi connectivity index (χ0) is 14.8. The van der Waals surface area contributed by atoms with Crippen LogP contribution in [0, 0.1) is 0 Å². The fourth-order valence-electron chi connectivity index (χ4n) is 2.59. The fraction of sp³-hybridized carbons (Fsp3) is 0.529. The molecule has 0 unspecified atom stereocenters. The molecule has 1 heterocycles. The maximum atomic E-state index is 6.11. The van der Waals surface area contributed by atoms with Gasteiger partial charge < -0.3 is 9.31 Å². The first-order valence-corrected chi connectivity index (χ1v) is 7.37. The van der Waals surface area contributed by atoms with Crippen molar-refractivity contribution in [2.24, 2.45) is 0 Å². The second-order valence-corrected chi connectivity index (χ2v) is 6.55. The fourth-order valence-corrected chi connectivity index (χ4v) is 2.59. The molecule has 0 aliphatic carbocycles. The molecule has 1 aromatic carbocycles. The van der Waals surface area contributed by atoms with E-state index in [2.05, 4.69) is 58.5 Å². The van der Waals surface area contributed by atoms with Crippen LogP contribution in [0.2, 0.25) is 6.32 Å². The van der Waals surface area contributed by atoms with E-state index in [0.717, 1.165) is 12.7 Å². The van der Waals surface area contributed by atoms with Gasteiger partial charge in [-0.25, -0.2) is 0 Å². The molecule has 20 heavy (non-hydrogen) atoms. The van der Waals surface area contributed by atoms with Crippen LogP contribution in [0.15, 0.2) is 43.0 Å². The van der Waals surface area contributed by atoms with Crippen LogP contribution >= 0.6 is 0 Å². The van der Waals surface area contributed by atoms with E-state index in [9.17, 15) is 0 Å². The summed E-state index contributed by atoms with van der Waals surface area (Å²) < 4.78 is 12.2. The predicted octanol–water partition coefficient (Wildman–Crippen LogP) is 4.44. The molecule has 0 N–H and O–H groups in total. The highest BCUT2D eigenvalue weighted by Crippen LogP contribution is 2.40. The summed E-state index contributed by atoms with van der Waals surface area (Å²) in [7, 11) is -0.148. The van der Waals surface area contributed by atoms with E-state index in [1.165, 1.54) is 5.56 Å². The number of benzene rings is 1. The third-order valence-electron chi connectivity index (χ3n) is 4.50. The summed E-state index contributed by atoms with van der Waals surface area (Å²) >= 11 is 0. The minimum absolute atomic E-state index is 0.148. The normalized spacial score (nSPS) is 21.7. The van der Waals surface area contributed by atoms with Gasteiger partial charge in [0.2, 0.25) is 0 Å². The van der Waals surface area contributed by atoms with E-state index in [4.69, 9.17) is 9.31 Å². The van der Waals surface area contributed by atoms with Gasteiger partial charge in [-0.1, -0.05) is 36.4 Å².